The predicted octanol–water partition coefficient (Wildman–Crippen LogP) is 5.16. The fourth-order valence-corrected chi connectivity index (χ4v) is 4.46. The molecule has 0 bridgehead atoms. The number of sulfonamides is 1. The van der Waals surface area contributed by atoms with Gasteiger partial charge in [0.2, 0.25) is 0 Å². The van der Waals surface area contributed by atoms with Crippen LogP contribution in [-0.4, -0.2) is 31.8 Å². The molecule has 10 heteroatoms. The lowest BCUT2D eigenvalue weighted by Crippen LogP contribution is -2.48. The first-order chi connectivity index (χ1) is 16.7. The number of benzene rings is 3. The summed E-state index contributed by atoms with van der Waals surface area (Å²) in [7, 11) is -4.02. The van der Waals surface area contributed by atoms with Gasteiger partial charge in [-0.15, -0.1) is 0 Å². The van der Waals surface area contributed by atoms with Gasteiger partial charge in [0, 0.05) is 17.3 Å². The van der Waals surface area contributed by atoms with Crippen LogP contribution < -0.4 is 10.0 Å². The minimum Gasteiger partial charge on any atom is -0.444 e. The maximum atomic E-state index is 14.1. The molecular formula is C26H28F2N2O5S. The third kappa shape index (κ3) is 6.58. The number of rotatable bonds is 7. The highest BCUT2D eigenvalue weighted by Gasteiger charge is 2.31. The Labute approximate surface area is 209 Å². The highest BCUT2D eigenvalue weighted by Crippen LogP contribution is 2.28. The van der Waals surface area contributed by atoms with Gasteiger partial charge in [0.05, 0.1) is 17.0 Å². The number of anilines is 1. The molecule has 3 rings (SSSR count). The van der Waals surface area contributed by atoms with Crippen molar-refractivity contribution >= 4 is 21.8 Å². The molecule has 0 aliphatic carbocycles. The molecule has 36 heavy (non-hydrogen) atoms. The molecule has 192 valence electrons. The van der Waals surface area contributed by atoms with Crippen LogP contribution in [0.5, 0.6) is 0 Å². The molecule has 0 radical (unpaired) electrons. The van der Waals surface area contributed by atoms with Crippen LogP contribution in [0.1, 0.15) is 33.3 Å². The summed E-state index contributed by atoms with van der Waals surface area (Å²) in [5, 5.41) is 12.6. The number of aliphatic hydroxyl groups is 1. The molecule has 0 saturated carbocycles. The molecule has 0 aliphatic rings. The lowest BCUT2D eigenvalue weighted by molar-refractivity contribution is 0.0411. The summed E-state index contributed by atoms with van der Waals surface area (Å²) in [6, 6.07) is 14.9. The second-order valence-corrected chi connectivity index (χ2v) is 11.1. The molecule has 3 aromatic rings. The van der Waals surface area contributed by atoms with Gasteiger partial charge in [-0.05, 0) is 75.2 Å². The van der Waals surface area contributed by atoms with E-state index in [4.69, 9.17) is 4.74 Å². The first-order valence-electron chi connectivity index (χ1n) is 11.0. The van der Waals surface area contributed by atoms with E-state index >= 15 is 0 Å². The predicted molar refractivity (Wildman–Crippen MR) is 133 cm³/mol. The third-order valence-electron chi connectivity index (χ3n) is 5.25. The minimum atomic E-state index is -4.02. The van der Waals surface area contributed by atoms with Gasteiger partial charge in [-0.2, -0.15) is 0 Å². The molecule has 0 fully saturated rings. The van der Waals surface area contributed by atoms with Crippen molar-refractivity contribution in [3.05, 3.63) is 83.9 Å². The van der Waals surface area contributed by atoms with Crippen LogP contribution in [0.15, 0.2) is 71.6 Å². The monoisotopic (exact) mass is 518 g/mol. The largest absolute Gasteiger partial charge is 0.444 e. The standard InChI is InChI=1S/C26H28F2N2O5S/c1-25(2,3)35-24(32)29-26(4,16-31)18-6-5-7-20(14-18)30-36(33,34)21-11-8-17(9-12-21)22-13-10-19(27)15-23(22)28/h5-15,30-31H,16H2,1-4H3,(H,29,32). The smallest absolute Gasteiger partial charge is 0.408 e. The van der Waals surface area contributed by atoms with Crippen LogP contribution in [0.25, 0.3) is 11.1 Å². The summed E-state index contributed by atoms with van der Waals surface area (Å²) in [5.41, 5.74) is -0.812. The minimum absolute atomic E-state index is 0.0732. The van der Waals surface area contributed by atoms with Crippen LogP contribution in [0.4, 0.5) is 19.3 Å². The lowest BCUT2D eigenvalue weighted by atomic mass is 9.93. The zero-order valence-corrected chi connectivity index (χ0v) is 21.1. The number of alkyl carbamates (subject to hydrolysis) is 1. The second kappa shape index (κ2) is 10.2. The molecule has 7 nitrogen and oxygen atoms in total. The first kappa shape index (κ1) is 27.1. The van der Waals surface area contributed by atoms with Crippen molar-refractivity contribution in [3.8, 4) is 11.1 Å². The van der Waals surface area contributed by atoms with Gasteiger partial charge in [-0.3, -0.25) is 4.72 Å². The average Bonchev–Trinajstić information content (AvgIpc) is 2.77. The Morgan fingerprint density at radius 2 is 1.64 bits per heavy atom. The molecule has 1 atom stereocenters. The molecule has 0 aromatic heterocycles. The molecule has 3 aromatic carbocycles. The van der Waals surface area contributed by atoms with Crippen molar-refractivity contribution < 1.29 is 31.8 Å². The van der Waals surface area contributed by atoms with Gasteiger partial charge in [0.25, 0.3) is 10.0 Å². The molecule has 0 aliphatic heterocycles. The summed E-state index contributed by atoms with van der Waals surface area (Å²) in [6.45, 7) is 6.24. The zero-order chi connectivity index (χ0) is 26.7. The van der Waals surface area contributed by atoms with Gasteiger partial charge in [0.1, 0.15) is 17.2 Å². The van der Waals surface area contributed by atoms with Gasteiger partial charge in [0.15, 0.2) is 0 Å². The topological polar surface area (TPSA) is 105 Å². The van der Waals surface area contributed by atoms with E-state index in [1.165, 1.54) is 42.5 Å². The summed E-state index contributed by atoms with van der Waals surface area (Å²) < 4.78 is 60.9. The van der Waals surface area contributed by atoms with Crippen molar-refractivity contribution in [2.75, 3.05) is 11.3 Å². The van der Waals surface area contributed by atoms with Crippen molar-refractivity contribution in [3.63, 3.8) is 0 Å². The number of halogens is 2. The van der Waals surface area contributed by atoms with Gasteiger partial charge >= 0.3 is 6.09 Å². The number of ether oxygens (including phenoxy) is 1. The van der Waals surface area contributed by atoms with E-state index in [0.717, 1.165) is 12.1 Å². The Hall–Kier alpha value is -3.50. The van der Waals surface area contributed by atoms with Crippen LogP contribution in [-0.2, 0) is 20.3 Å². The SMILES string of the molecule is CC(C)(C)OC(=O)NC(C)(CO)c1cccc(NS(=O)(=O)c2ccc(-c3ccc(F)cc3F)cc2)c1. The van der Waals surface area contributed by atoms with Crippen LogP contribution in [0.3, 0.4) is 0 Å². The molecule has 3 N–H and O–H groups in total. The molecule has 0 spiro atoms. The maximum Gasteiger partial charge on any atom is 0.408 e. The van der Waals surface area contributed by atoms with E-state index in [0.29, 0.717) is 11.1 Å². The molecule has 0 saturated heterocycles. The maximum absolute atomic E-state index is 14.1. The summed E-state index contributed by atoms with van der Waals surface area (Å²) >= 11 is 0. The van der Waals surface area contributed by atoms with E-state index in [9.17, 15) is 27.1 Å². The van der Waals surface area contributed by atoms with Crippen molar-refractivity contribution in [2.45, 2.75) is 43.7 Å². The molecule has 1 amide bonds. The Morgan fingerprint density at radius 1 is 0.972 bits per heavy atom. The van der Waals surface area contributed by atoms with Crippen molar-refractivity contribution in [1.29, 1.82) is 0 Å². The lowest BCUT2D eigenvalue weighted by Gasteiger charge is -2.31. The number of hydrogen-bond donors (Lipinski definition) is 3. The van der Waals surface area contributed by atoms with E-state index in [1.807, 2.05) is 0 Å². The third-order valence-corrected chi connectivity index (χ3v) is 6.65. The average molecular weight is 519 g/mol. The summed E-state index contributed by atoms with van der Waals surface area (Å²) in [5.74, 6) is -1.46. The molecule has 0 heterocycles. The summed E-state index contributed by atoms with van der Waals surface area (Å²) in [4.78, 5) is 12.2. The highest BCUT2D eigenvalue weighted by molar-refractivity contribution is 7.92. The Balaban J connectivity index is 1.82. The normalized spacial score (nSPS) is 13.5. The van der Waals surface area contributed by atoms with Gasteiger partial charge < -0.3 is 15.2 Å². The summed E-state index contributed by atoms with van der Waals surface area (Å²) in [6.07, 6.45) is -0.734. The number of nitrogens with one attached hydrogen (secondary N) is 2. The fraction of sp³-hybridized carbons (Fsp3) is 0.269. The van der Waals surface area contributed by atoms with E-state index in [2.05, 4.69) is 10.0 Å². The van der Waals surface area contributed by atoms with Gasteiger partial charge in [-0.25, -0.2) is 22.0 Å². The van der Waals surface area contributed by atoms with E-state index in [1.54, 1.807) is 39.8 Å². The zero-order valence-electron chi connectivity index (χ0n) is 20.3. The Kier molecular flexibility index (Phi) is 7.70. The highest BCUT2D eigenvalue weighted by atomic mass is 32.2. The number of aliphatic hydroxyl groups excluding tert-OH is 1. The second-order valence-electron chi connectivity index (χ2n) is 9.45. The number of amides is 1. The van der Waals surface area contributed by atoms with E-state index < -0.39 is 45.5 Å². The van der Waals surface area contributed by atoms with Gasteiger partial charge in [-0.1, -0.05) is 24.3 Å². The van der Waals surface area contributed by atoms with Crippen molar-refractivity contribution in [2.24, 2.45) is 0 Å². The van der Waals surface area contributed by atoms with Crippen LogP contribution in [0.2, 0.25) is 0 Å². The van der Waals surface area contributed by atoms with E-state index in [-0.39, 0.29) is 16.1 Å². The first-order valence-corrected chi connectivity index (χ1v) is 12.5. The number of hydrogen-bond acceptors (Lipinski definition) is 5. The van der Waals surface area contributed by atoms with Crippen LogP contribution in [0, 0.1) is 11.6 Å². The number of carbonyl (C=O) groups is 1. The Bertz CT molecular complexity index is 1360. The molecule has 1 unspecified atom stereocenters. The quantitative estimate of drug-likeness (QED) is 0.401. The Morgan fingerprint density at radius 3 is 2.22 bits per heavy atom. The molecular weight excluding hydrogens is 490 g/mol. The number of carbonyl (C=O) groups excluding carboxylic acids is 1. The van der Waals surface area contributed by atoms with Crippen LogP contribution >= 0.6 is 0 Å². The fourth-order valence-electron chi connectivity index (χ4n) is 3.41. The van der Waals surface area contributed by atoms with Crippen molar-refractivity contribution in [1.82, 2.24) is 5.32 Å².